The van der Waals surface area contributed by atoms with Gasteiger partial charge >= 0.3 is 20.9 Å². The van der Waals surface area contributed by atoms with Gasteiger partial charge in [0.05, 0.1) is 21.3 Å². The fraction of sp³-hybridized carbons (Fsp3) is 0.500. The van der Waals surface area contributed by atoms with Gasteiger partial charge in [0.25, 0.3) is 0 Å². The van der Waals surface area contributed by atoms with Crippen LogP contribution in [0.1, 0.15) is 86.3 Å². The zero-order valence-corrected chi connectivity index (χ0v) is 44.5. The zero-order valence-electron chi connectivity index (χ0n) is 41.5. The lowest BCUT2D eigenvalue weighted by molar-refractivity contribution is 0.107. The van der Waals surface area contributed by atoms with Crippen LogP contribution >= 0.6 is 0 Å². The SMILES string of the molecule is COC(=O)Oc1ccc(CCC[Si](C)(C)O[Si](C)(C)O[Si](C)(C)CCCc2ccc(OC(=O)Oc3ccc(C4(c5cccc(C)c5)CCC(C)(C)C(C)C4)cc3C)c(OC)c2)cc1OC. The molecular weight excluding hydrogens is 869 g/mol. The molecule has 4 aromatic rings. The number of aryl methyl sites for hydroxylation is 4. The maximum Gasteiger partial charge on any atom is 0.519 e. The van der Waals surface area contributed by atoms with Crippen LogP contribution in [0, 0.1) is 25.2 Å². The third-order valence-corrected chi connectivity index (χ3v) is 24.7. The van der Waals surface area contributed by atoms with Crippen LogP contribution < -0.4 is 23.7 Å². The van der Waals surface area contributed by atoms with Gasteiger partial charge in [-0.15, -0.1) is 0 Å². The van der Waals surface area contributed by atoms with Gasteiger partial charge in [-0.05, 0) is 180 Å². The molecule has 10 nitrogen and oxygen atoms in total. The Balaban J connectivity index is 1.12. The lowest BCUT2D eigenvalue weighted by Gasteiger charge is -2.49. The van der Waals surface area contributed by atoms with Crippen molar-refractivity contribution < 1.29 is 46.2 Å². The molecule has 0 heterocycles. The van der Waals surface area contributed by atoms with E-state index in [-0.39, 0.29) is 10.8 Å². The van der Waals surface area contributed by atoms with Gasteiger partial charge in [0.1, 0.15) is 5.75 Å². The molecule has 0 N–H and O–H groups in total. The molecule has 0 aliphatic heterocycles. The minimum atomic E-state index is -2.42. The van der Waals surface area contributed by atoms with E-state index in [0.717, 1.165) is 73.7 Å². The predicted octanol–water partition coefficient (Wildman–Crippen LogP) is 13.9. The molecule has 0 bridgehead atoms. The molecule has 13 heteroatoms. The van der Waals surface area contributed by atoms with E-state index in [0.29, 0.717) is 34.7 Å². The minimum absolute atomic E-state index is 0.114. The van der Waals surface area contributed by atoms with Crippen LogP contribution in [0.5, 0.6) is 28.7 Å². The van der Waals surface area contributed by atoms with Crippen molar-refractivity contribution in [3.63, 3.8) is 0 Å². The number of benzene rings is 4. The fourth-order valence-corrected chi connectivity index (χ4v) is 23.6. The van der Waals surface area contributed by atoms with Crippen LogP contribution in [-0.4, -0.2) is 58.8 Å². The van der Waals surface area contributed by atoms with Gasteiger partial charge in [0.15, 0.2) is 39.6 Å². The van der Waals surface area contributed by atoms with Crippen molar-refractivity contribution in [1.29, 1.82) is 0 Å². The molecule has 1 aliphatic rings. The molecular formula is C52H74O10Si3. The molecule has 65 heavy (non-hydrogen) atoms. The summed E-state index contributed by atoms with van der Waals surface area (Å²) < 4.78 is 46.3. The van der Waals surface area contributed by atoms with Gasteiger partial charge in [0.2, 0.25) is 0 Å². The number of hydrogen-bond donors (Lipinski definition) is 0. The minimum Gasteiger partial charge on any atom is -0.493 e. The molecule has 0 saturated heterocycles. The number of rotatable bonds is 19. The van der Waals surface area contributed by atoms with E-state index < -0.39 is 37.5 Å². The van der Waals surface area contributed by atoms with E-state index >= 15 is 0 Å². The van der Waals surface area contributed by atoms with Crippen molar-refractivity contribution in [2.75, 3.05) is 21.3 Å². The Morgan fingerprint density at radius 2 is 1.12 bits per heavy atom. The summed E-state index contributed by atoms with van der Waals surface area (Å²) in [6.45, 7) is 24.7. The van der Waals surface area contributed by atoms with E-state index in [1.807, 2.05) is 37.3 Å². The third kappa shape index (κ3) is 14.1. The summed E-state index contributed by atoms with van der Waals surface area (Å²) >= 11 is 0. The highest BCUT2D eigenvalue weighted by Gasteiger charge is 2.45. The number of methoxy groups -OCH3 is 3. The summed E-state index contributed by atoms with van der Waals surface area (Å²) in [5, 5.41) is 0. The Morgan fingerprint density at radius 1 is 0.615 bits per heavy atom. The smallest absolute Gasteiger partial charge is 0.493 e. The number of carbonyl (C=O) groups is 2. The summed E-state index contributed by atoms with van der Waals surface area (Å²) in [6.07, 6.45) is 5.24. The first kappa shape index (κ1) is 51.6. The van der Waals surface area contributed by atoms with Crippen LogP contribution in [-0.2, 0) is 31.2 Å². The monoisotopic (exact) mass is 942 g/mol. The van der Waals surface area contributed by atoms with E-state index in [1.165, 1.54) is 23.8 Å². The lowest BCUT2D eigenvalue weighted by atomic mass is 9.55. The van der Waals surface area contributed by atoms with Crippen LogP contribution in [0.2, 0.25) is 51.4 Å². The van der Waals surface area contributed by atoms with Crippen molar-refractivity contribution >= 4 is 37.5 Å². The Kier molecular flexibility index (Phi) is 17.0. The van der Waals surface area contributed by atoms with Crippen LogP contribution in [0.3, 0.4) is 0 Å². The molecule has 0 amide bonds. The highest BCUT2D eigenvalue weighted by molar-refractivity contribution is 6.87. The average Bonchev–Trinajstić information content (AvgIpc) is 3.22. The van der Waals surface area contributed by atoms with Gasteiger partial charge in [-0.2, -0.15) is 0 Å². The van der Waals surface area contributed by atoms with E-state index in [9.17, 15) is 9.59 Å². The van der Waals surface area contributed by atoms with Gasteiger partial charge in [-0.3, -0.25) is 0 Å². The quantitative estimate of drug-likeness (QED) is 0.0512. The Labute approximate surface area is 392 Å². The van der Waals surface area contributed by atoms with Crippen molar-refractivity contribution in [3.05, 3.63) is 112 Å². The highest BCUT2D eigenvalue weighted by Crippen LogP contribution is 2.53. The molecule has 2 atom stereocenters. The largest absolute Gasteiger partial charge is 0.519 e. The Hall–Kier alpha value is -4.41. The summed E-state index contributed by atoms with van der Waals surface area (Å²) in [6, 6.07) is 28.4. The zero-order chi connectivity index (χ0) is 47.8. The van der Waals surface area contributed by atoms with E-state index in [2.05, 4.69) is 108 Å². The number of carbonyl (C=O) groups excluding carboxylic acids is 2. The molecule has 0 radical (unpaired) electrons. The van der Waals surface area contributed by atoms with Crippen molar-refractivity contribution in [2.45, 2.75) is 136 Å². The molecule has 0 aromatic heterocycles. The number of hydrogen-bond acceptors (Lipinski definition) is 10. The first-order chi connectivity index (χ1) is 30.5. The first-order valence-electron chi connectivity index (χ1n) is 23.1. The van der Waals surface area contributed by atoms with Gasteiger partial charge in [-0.1, -0.05) is 74.9 Å². The average molecular weight is 943 g/mol. The van der Waals surface area contributed by atoms with Crippen molar-refractivity contribution in [3.8, 4) is 28.7 Å². The fourth-order valence-electron chi connectivity index (χ4n) is 9.50. The van der Waals surface area contributed by atoms with Gasteiger partial charge in [-0.25, -0.2) is 9.59 Å². The second-order valence-corrected chi connectivity index (χ2v) is 32.8. The summed E-state index contributed by atoms with van der Waals surface area (Å²) in [4.78, 5) is 24.8. The third-order valence-electron chi connectivity index (χ3n) is 13.2. The van der Waals surface area contributed by atoms with Crippen molar-refractivity contribution in [2.24, 2.45) is 11.3 Å². The van der Waals surface area contributed by atoms with Gasteiger partial charge in [0, 0.05) is 5.41 Å². The molecule has 1 saturated carbocycles. The first-order valence-corrected chi connectivity index (χ1v) is 32.1. The van der Waals surface area contributed by atoms with Crippen LogP contribution in [0.15, 0.2) is 78.9 Å². The van der Waals surface area contributed by atoms with Crippen LogP contribution in [0.25, 0.3) is 0 Å². The second kappa shape index (κ2) is 21.5. The molecule has 4 aromatic carbocycles. The van der Waals surface area contributed by atoms with Crippen LogP contribution in [0.4, 0.5) is 9.59 Å². The standard InChI is InChI=1S/C52H74O10Si3/c1-37-18-15-21-42(32-37)52(29-28-51(4,5)39(3)36-52)43-24-27-44(38(2)33-43)58-50(54)60-46-26-23-41(35-48(46)56-7)20-17-31-64(11,12)62-65(13,14)61-63(9,10)30-16-19-40-22-25-45(47(34-40)55-6)59-49(53)57-8/h15,18,21-27,32-35,39H,16-17,19-20,28-31,36H2,1-14H3. The summed E-state index contributed by atoms with van der Waals surface area (Å²) in [5.74, 6) is 2.62. The lowest BCUT2D eigenvalue weighted by Crippen LogP contribution is -2.52. The van der Waals surface area contributed by atoms with Gasteiger partial charge < -0.3 is 36.7 Å². The van der Waals surface area contributed by atoms with E-state index in [4.69, 9.17) is 31.9 Å². The summed E-state index contributed by atoms with van der Waals surface area (Å²) in [5.41, 5.74) is 7.10. The summed E-state index contributed by atoms with van der Waals surface area (Å²) in [7, 11) is -2.12. The molecule has 2 unspecified atom stereocenters. The normalized spacial score (nSPS) is 17.5. The second-order valence-electron chi connectivity index (χ2n) is 20.3. The highest BCUT2D eigenvalue weighted by atomic mass is 28.5. The van der Waals surface area contributed by atoms with E-state index in [1.54, 1.807) is 26.4 Å². The molecule has 5 rings (SSSR count). The Morgan fingerprint density at radius 3 is 1.62 bits per heavy atom. The topological polar surface area (TPSA) is 108 Å². The molecule has 1 fully saturated rings. The van der Waals surface area contributed by atoms with Crippen molar-refractivity contribution in [1.82, 2.24) is 0 Å². The molecule has 354 valence electrons. The Bertz CT molecular complexity index is 2270. The number of ether oxygens (including phenoxy) is 6. The predicted molar refractivity (Wildman–Crippen MR) is 266 cm³/mol. The molecule has 1 aliphatic carbocycles. The maximum atomic E-state index is 13.2. The molecule has 0 spiro atoms. The maximum absolute atomic E-state index is 13.2.